The lowest BCUT2D eigenvalue weighted by atomic mass is 9.86. The van der Waals surface area contributed by atoms with Gasteiger partial charge < -0.3 is 14.9 Å². The molecule has 2 rings (SSSR count). The summed E-state index contributed by atoms with van der Waals surface area (Å²) in [7, 11) is 1.61. The molecule has 0 saturated carbocycles. The van der Waals surface area contributed by atoms with Crippen molar-refractivity contribution in [1.29, 1.82) is 0 Å². The number of amides is 1. The van der Waals surface area contributed by atoms with Gasteiger partial charge in [-0.1, -0.05) is 32.9 Å². The van der Waals surface area contributed by atoms with E-state index >= 15 is 0 Å². The Morgan fingerprint density at radius 2 is 2.14 bits per heavy atom. The van der Waals surface area contributed by atoms with E-state index in [-0.39, 0.29) is 11.3 Å². The zero-order chi connectivity index (χ0) is 15.6. The lowest BCUT2D eigenvalue weighted by Gasteiger charge is -2.28. The fourth-order valence-corrected chi connectivity index (χ4v) is 2.37. The van der Waals surface area contributed by atoms with Crippen LogP contribution in [0.25, 0.3) is 11.0 Å². The van der Waals surface area contributed by atoms with E-state index < -0.39 is 6.04 Å². The number of carbonyl (C=O) groups is 1. The average Bonchev–Trinajstić information content (AvgIpc) is 2.79. The van der Waals surface area contributed by atoms with Gasteiger partial charge in [0.2, 0.25) is 5.91 Å². The molecule has 0 aliphatic heterocycles. The van der Waals surface area contributed by atoms with Crippen LogP contribution in [0.3, 0.4) is 0 Å². The minimum absolute atomic E-state index is 0.254. The third-order valence-corrected chi connectivity index (χ3v) is 3.41. The van der Waals surface area contributed by atoms with E-state index in [2.05, 4.69) is 5.32 Å². The summed E-state index contributed by atoms with van der Waals surface area (Å²) in [5.74, 6) is 1.07. The number of furan rings is 1. The van der Waals surface area contributed by atoms with E-state index in [0.717, 1.165) is 11.1 Å². The Kier molecular flexibility index (Phi) is 4.23. The van der Waals surface area contributed by atoms with Crippen LogP contribution in [0.5, 0.6) is 5.75 Å². The predicted octanol–water partition coefficient (Wildman–Crippen LogP) is 2.43. The van der Waals surface area contributed by atoms with Gasteiger partial charge in [0.05, 0.1) is 19.7 Å². The molecular formula is C16H22N2O3. The van der Waals surface area contributed by atoms with Crippen LogP contribution in [0.4, 0.5) is 0 Å². The van der Waals surface area contributed by atoms with Crippen molar-refractivity contribution in [3.63, 3.8) is 0 Å². The van der Waals surface area contributed by atoms with Crippen molar-refractivity contribution >= 4 is 16.9 Å². The molecule has 5 nitrogen and oxygen atoms in total. The zero-order valence-electron chi connectivity index (χ0n) is 12.9. The van der Waals surface area contributed by atoms with Crippen LogP contribution in [-0.2, 0) is 11.3 Å². The van der Waals surface area contributed by atoms with Gasteiger partial charge in [0.1, 0.15) is 5.76 Å². The molecule has 0 saturated heterocycles. The highest BCUT2D eigenvalue weighted by Crippen LogP contribution is 2.28. The van der Waals surface area contributed by atoms with Crippen molar-refractivity contribution in [2.24, 2.45) is 11.1 Å². The maximum atomic E-state index is 11.5. The third-order valence-electron chi connectivity index (χ3n) is 3.41. The van der Waals surface area contributed by atoms with Gasteiger partial charge in [-0.15, -0.1) is 0 Å². The minimum atomic E-state index is -0.424. The number of hydrogen-bond donors (Lipinski definition) is 2. The topological polar surface area (TPSA) is 77.5 Å². The number of nitrogens with two attached hydrogens (primary N) is 1. The molecule has 3 N–H and O–H groups in total. The van der Waals surface area contributed by atoms with E-state index in [9.17, 15) is 4.79 Å². The fourth-order valence-electron chi connectivity index (χ4n) is 2.37. The van der Waals surface area contributed by atoms with E-state index in [1.807, 2.05) is 45.0 Å². The highest BCUT2D eigenvalue weighted by molar-refractivity contribution is 5.83. The zero-order valence-corrected chi connectivity index (χ0v) is 12.9. The number of benzene rings is 1. The van der Waals surface area contributed by atoms with Crippen LogP contribution < -0.4 is 15.8 Å². The van der Waals surface area contributed by atoms with E-state index in [0.29, 0.717) is 17.9 Å². The molecule has 21 heavy (non-hydrogen) atoms. The fraction of sp³-hybridized carbons (Fsp3) is 0.438. The maximum absolute atomic E-state index is 11.5. The Morgan fingerprint density at radius 3 is 2.71 bits per heavy atom. The molecule has 0 aliphatic rings. The molecule has 0 fully saturated rings. The number of methoxy groups -OCH3 is 1. The van der Waals surface area contributed by atoms with Crippen LogP contribution in [0.1, 0.15) is 26.5 Å². The van der Waals surface area contributed by atoms with Gasteiger partial charge in [0.15, 0.2) is 11.3 Å². The van der Waals surface area contributed by atoms with Gasteiger partial charge >= 0.3 is 0 Å². The Labute approximate surface area is 124 Å². The van der Waals surface area contributed by atoms with Crippen LogP contribution in [0, 0.1) is 5.41 Å². The molecule has 0 spiro atoms. The highest BCUT2D eigenvalue weighted by Gasteiger charge is 2.29. The predicted molar refractivity (Wildman–Crippen MR) is 82.0 cm³/mol. The van der Waals surface area contributed by atoms with Crippen LogP contribution in [-0.4, -0.2) is 19.1 Å². The van der Waals surface area contributed by atoms with Crippen molar-refractivity contribution in [2.45, 2.75) is 33.4 Å². The number of carbonyl (C=O) groups excluding carboxylic acids is 1. The van der Waals surface area contributed by atoms with Crippen molar-refractivity contribution in [3.8, 4) is 5.75 Å². The maximum Gasteiger partial charge on any atom is 0.235 e. The van der Waals surface area contributed by atoms with Crippen molar-refractivity contribution in [1.82, 2.24) is 5.32 Å². The second-order valence-corrected chi connectivity index (χ2v) is 6.17. The monoisotopic (exact) mass is 290 g/mol. The highest BCUT2D eigenvalue weighted by atomic mass is 16.5. The first kappa shape index (κ1) is 15.4. The summed E-state index contributed by atoms with van der Waals surface area (Å²) in [5.41, 5.74) is 5.91. The molecular weight excluding hydrogens is 268 g/mol. The second kappa shape index (κ2) is 5.77. The summed E-state index contributed by atoms with van der Waals surface area (Å²) in [6.07, 6.45) is 0. The second-order valence-electron chi connectivity index (χ2n) is 6.17. The van der Waals surface area contributed by atoms with E-state index in [4.69, 9.17) is 14.9 Å². The molecule has 5 heteroatoms. The SMILES string of the molecule is COc1cccc2cc(CN[C@@H](C(N)=O)C(C)(C)C)oc12. The van der Waals surface area contributed by atoms with Gasteiger partial charge in [0, 0.05) is 5.39 Å². The average molecular weight is 290 g/mol. The van der Waals surface area contributed by atoms with Crippen LogP contribution >= 0.6 is 0 Å². The first-order valence-electron chi connectivity index (χ1n) is 6.91. The first-order valence-corrected chi connectivity index (χ1v) is 6.91. The van der Waals surface area contributed by atoms with Gasteiger partial charge in [-0.3, -0.25) is 10.1 Å². The lowest BCUT2D eigenvalue weighted by Crippen LogP contribution is -2.49. The minimum Gasteiger partial charge on any atom is -0.493 e. The number of primary amides is 1. The van der Waals surface area contributed by atoms with Crippen molar-refractivity contribution in [2.75, 3.05) is 7.11 Å². The summed E-state index contributed by atoms with van der Waals surface area (Å²) in [4.78, 5) is 11.5. The Hall–Kier alpha value is -2.01. The lowest BCUT2D eigenvalue weighted by molar-refractivity contribution is -0.122. The summed E-state index contributed by atoms with van der Waals surface area (Å²) in [6, 6.07) is 7.23. The normalized spacial score (nSPS) is 13.3. The summed E-state index contributed by atoms with van der Waals surface area (Å²) >= 11 is 0. The Bertz CT molecular complexity index is 640. The molecule has 1 aromatic carbocycles. The van der Waals surface area contributed by atoms with Gasteiger partial charge in [0.25, 0.3) is 0 Å². The van der Waals surface area contributed by atoms with E-state index in [1.54, 1.807) is 7.11 Å². The molecule has 0 unspecified atom stereocenters. The largest absolute Gasteiger partial charge is 0.493 e. The molecule has 1 heterocycles. The molecule has 0 aliphatic carbocycles. The van der Waals surface area contributed by atoms with Gasteiger partial charge in [-0.25, -0.2) is 0 Å². The molecule has 0 bridgehead atoms. The summed E-state index contributed by atoms with van der Waals surface area (Å²) in [6.45, 7) is 6.34. The van der Waals surface area contributed by atoms with Crippen molar-refractivity contribution in [3.05, 3.63) is 30.0 Å². The van der Waals surface area contributed by atoms with E-state index in [1.165, 1.54) is 0 Å². The Balaban J connectivity index is 2.18. The molecule has 0 radical (unpaired) electrons. The number of fused-ring (bicyclic) bond motifs is 1. The van der Waals surface area contributed by atoms with Gasteiger partial charge in [-0.05, 0) is 17.5 Å². The summed E-state index contributed by atoms with van der Waals surface area (Å²) in [5, 5.41) is 4.13. The number of hydrogen-bond acceptors (Lipinski definition) is 4. The first-order chi connectivity index (χ1) is 9.82. The molecule has 1 atom stereocenters. The quantitative estimate of drug-likeness (QED) is 0.886. The van der Waals surface area contributed by atoms with Crippen molar-refractivity contribution < 1.29 is 13.9 Å². The number of para-hydroxylation sites is 1. The molecule has 1 aromatic heterocycles. The number of rotatable bonds is 5. The summed E-state index contributed by atoms with van der Waals surface area (Å²) < 4.78 is 11.1. The molecule has 114 valence electrons. The smallest absolute Gasteiger partial charge is 0.235 e. The third kappa shape index (κ3) is 3.36. The Morgan fingerprint density at radius 1 is 1.43 bits per heavy atom. The number of ether oxygens (including phenoxy) is 1. The number of nitrogens with one attached hydrogen (secondary N) is 1. The molecule has 1 amide bonds. The van der Waals surface area contributed by atoms with Crippen LogP contribution in [0.2, 0.25) is 0 Å². The molecule has 2 aromatic rings. The van der Waals surface area contributed by atoms with Gasteiger partial charge in [-0.2, -0.15) is 0 Å². The standard InChI is InChI=1S/C16H22N2O3/c1-16(2,3)14(15(17)19)18-9-11-8-10-6-5-7-12(20-4)13(10)21-11/h5-8,14,18H,9H2,1-4H3,(H2,17,19)/t14-/m0/s1. The van der Waals surface area contributed by atoms with Crippen LogP contribution in [0.15, 0.2) is 28.7 Å².